The molecule has 0 aromatic carbocycles. The van der Waals surface area contributed by atoms with Crippen LogP contribution in [-0.4, -0.2) is 46.9 Å². The van der Waals surface area contributed by atoms with E-state index in [1.807, 2.05) is 0 Å². The molecule has 0 atom stereocenters. The second-order valence-electron chi connectivity index (χ2n) is 7.20. The summed E-state index contributed by atoms with van der Waals surface area (Å²) < 4.78 is 5.44. The highest BCUT2D eigenvalue weighted by Crippen LogP contribution is 2.35. The first-order valence-electron chi connectivity index (χ1n) is 8.35. The van der Waals surface area contributed by atoms with Gasteiger partial charge in [0.2, 0.25) is 5.95 Å². The molecular formula is C17H25N5O2. The molecule has 0 saturated carbocycles. The number of aryl methyl sites for hydroxylation is 1. The number of hydrogen-bond acceptors (Lipinski definition) is 6. The molecule has 130 valence electrons. The van der Waals surface area contributed by atoms with E-state index in [1.165, 1.54) is 11.8 Å². The second kappa shape index (κ2) is 6.76. The fraction of sp³-hybridized carbons (Fsp3) is 0.588. The molecule has 2 N–H and O–H groups in total. The Kier molecular flexibility index (Phi) is 4.71. The van der Waals surface area contributed by atoms with Gasteiger partial charge >= 0.3 is 0 Å². The van der Waals surface area contributed by atoms with E-state index in [-0.39, 0.29) is 11.0 Å². The molecule has 1 saturated heterocycles. The Labute approximate surface area is 141 Å². The molecule has 1 aliphatic carbocycles. The highest BCUT2D eigenvalue weighted by Gasteiger charge is 2.29. The van der Waals surface area contributed by atoms with Gasteiger partial charge < -0.3 is 9.64 Å². The van der Waals surface area contributed by atoms with E-state index < -0.39 is 0 Å². The van der Waals surface area contributed by atoms with Gasteiger partial charge in [-0.05, 0) is 31.3 Å². The summed E-state index contributed by atoms with van der Waals surface area (Å²) in [5, 5.41) is 4.48. The standard InChI is InChI=1S/C17H25N5O2/c1-12-8-15(23)19-16(18-12)21-20-13-9-14(11-17(2,3)10-13)22-4-6-24-7-5-22/h8-9H,4-7,10-11H2,1-3H3,(H2,18,19,21,23). The first-order valence-corrected chi connectivity index (χ1v) is 8.35. The lowest BCUT2D eigenvalue weighted by atomic mass is 9.78. The van der Waals surface area contributed by atoms with Crippen LogP contribution in [0.15, 0.2) is 27.7 Å². The third kappa shape index (κ3) is 4.23. The zero-order valence-corrected chi connectivity index (χ0v) is 14.6. The number of morpholine rings is 1. The number of nitrogens with one attached hydrogen (secondary N) is 2. The maximum absolute atomic E-state index is 11.5. The van der Waals surface area contributed by atoms with E-state index in [4.69, 9.17) is 4.74 Å². The van der Waals surface area contributed by atoms with Gasteiger partial charge in [-0.3, -0.25) is 9.78 Å². The minimum Gasteiger partial charge on any atom is -0.378 e. The van der Waals surface area contributed by atoms with Crippen LogP contribution in [0, 0.1) is 12.3 Å². The van der Waals surface area contributed by atoms with E-state index in [0.29, 0.717) is 11.6 Å². The monoisotopic (exact) mass is 331 g/mol. The predicted molar refractivity (Wildman–Crippen MR) is 94.1 cm³/mol. The van der Waals surface area contributed by atoms with Gasteiger partial charge in [-0.25, -0.2) is 10.4 Å². The van der Waals surface area contributed by atoms with E-state index >= 15 is 0 Å². The number of H-pyrrole nitrogens is 1. The Bertz CT molecular complexity index is 714. The topological polar surface area (TPSA) is 82.6 Å². The first-order chi connectivity index (χ1) is 11.4. The number of rotatable bonds is 3. The van der Waals surface area contributed by atoms with Crippen LogP contribution in [0.1, 0.15) is 32.4 Å². The van der Waals surface area contributed by atoms with E-state index in [1.54, 1.807) is 6.92 Å². The number of allylic oxidation sites excluding steroid dienone is 2. The van der Waals surface area contributed by atoms with Gasteiger partial charge in [0.1, 0.15) is 0 Å². The highest BCUT2D eigenvalue weighted by atomic mass is 16.5. The molecular weight excluding hydrogens is 306 g/mol. The SMILES string of the molecule is Cc1cc(=O)[nH]c(NN=C2C=C(N3CCOCC3)CC(C)(C)C2)n1. The molecule has 1 aromatic heterocycles. The highest BCUT2D eigenvalue weighted by molar-refractivity contribution is 5.97. The number of aromatic nitrogens is 2. The van der Waals surface area contributed by atoms with Gasteiger partial charge in [0.25, 0.3) is 5.56 Å². The van der Waals surface area contributed by atoms with Gasteiger partial charge in [-0.2, -0.15) is 5.10 Å². The number of anilines is 1. The molecule has 3 rings (SSSR count). The molecule has 1 aliphatic heterocycles. The van der Waals surface area contributed by atoms with Crippen molar-refractivity contribution < 1.29 is 4.74 Å². The summed E-state index contributed by atoms with van der Waals surface area (Å²) in [6.45, 7) is 9.69. The molecule has 24 heavy (non-hydrogen) atoms. The minimum atomic E-state index is -0.182. The zero-order chi connectivity index (χ0) is 17.2. The Morgan fingerprint density at radius 1 is 1.33 bits per heavy atom. The normalized spacial score (nSPS) is 22.4. The molecule has 0 amide bonds. The van der Waals surface area contributed by atoms with Gasteiger partial charge in [0, 0.05) is 30.5 Å². The Balaban J connectivity index is 1.80. The van der Waals surface area contributed by atoms with Crippen molar-refractivity contribution in [3.8, 4) is 0 Å². The van der Waals surface area contributed by atoms with E-state index in [2.05, 4.69) is 45.3 Å². The molecule has 0 unspecified atom stereocenters. The van der Waals surface area contributed by atoms with Crippen molar-refractivity contribution in [3.63, 3.8) is 0 Å². The number of ether oxygens (including phenoxy) is 1. The zero-order valence-electron chi connectivity index (χ0n) is 14.6. The molecule has 0 radical (unpaired) electrons. The maximum atomic E-state index is 11.5. The van der Waals surface area contributed by atoms with Crippen LogP contribution >= 0.6 is 0 Å². The van der Waals surface area contributed by atoms with Crippen molar-refractivity contribution in [1.82, 2.24) is 14.9 Å². The third-order valence-corrected chi connectivity index (χ3v) is 4.24. The van der Waals surface area contributed by atoms with Crippen molar-refractivity contribution in [2.45, 2.75) is 33.6 Å². The quantitative estimate of drug-likeness (QED) is 0.827. The van der Waals surface area contributed by atoms with Gasteiger partial charge in [0.15, 0.2) is 0 Å². The van der Waals surface area contributed by atoms with Crippen LogP contribution in [0.3, 0.4) is 0 Å². The molecule has 0 bridgehead atoms. The van der Waals surface area contributed by atoms with E-state index in [0.717, 1.165) is 44.9 Å². The van der Waals surface area contributed by atoms with Crippen molar-refractivity contribution in [1.29, 1.82) is 0 Å². The van der Waals surface area contributed by atoms with Crippen molar-refractivity contribution >= 4 is 11.7 Å². The summed E-state index contributed by atoms with van der Waals surface area (Å²) in [6.07, 6.45) is 4.06. The van der Waals surface area contributed by atoms with Gasteiger partial charge in [-0.1, -0.05) is 13.8 Å². The fourth-order valence-corrected chi connectivity index (χ4v) is 3.22. The summed E-state index contributed by atoms with van der Waals surface area (Å²) >= 11 is 0. The average Bonchev–Trinajstić information content (AvgIpc) is 2.51. The lowest BCUT2D eigenvalue weighted by molar-refractivity contribution is 0.0491. The Morgan fingerprint density at radius 3 is 2.79 bits per heavy atom. The molecule has 2 heterocycles. The molecule has 0 spiro atoms. The molecule has 2 aliphatic rings. The van der Waals surface area contributed by atoms with Crippen molar-refractivity contribution in [3.05, 3.63) is 33.9 Å². The van der Waals surface area contributed by atoms with Crippen LogP contribution in [0.4, 0.5) is 5.95 Å². The summed E-state index contributed by atoms with van der Waals surface area (Å²) in [4.78, 5) is 20.8. The number of nitrogens with zero attached hydrogens (tertiary/aromatic N) is 3. The molecule has 7 nitrogen and oxygen atoms in total. The second-order valence-corrected chi connectivity index (χ2v) is 7.20. The lowest BCUT2D eigenvalue weighted by Crippen LogP contribution is -2.39. The van der Waals surface area contributed by atoms with Gasteiger partial charge in [-0.15, -0.1) is 0 Å². The molecule has 1 aromatic rings. The third-order valence-electron chi connectivity index (χ3n) is 4.24. The summed E-state index contributed by atoms with van der Waals surface area (Å²) in [7, 11) is 0. The summed E-state index contributed by atoms with van der Waals surface area (Å²) in [5.74, 6) is 0.372. The molecule has 1 fully saturated rings. The number of hydrazone groups is 1. The number of aromatic amines is 1. The minimum absolute atomic E-state index is 0.149. The largest absolute Gasteiger partial charge is 0.378 e. The fourth-order valence-electron chi connectivity index (χ4n) is 3.22. The van der Waals surface area contributed by atoms with Crippen LogP contribution in [0.25, 0.3) is 0 Å². The Hall–Kier alpha value is -2.15. The lowest BCUT2D eigenvalue weighted by Gasteiger charge is -2.38. The summed E-state index contributed by atoms with van der Waals surface area (Å²) in [6, 6.07) is 1.46. The number of hydrogen-bond donors (Lipinski definition) is 2. The first kappa shape index (κ1) is 16.7. The molecule has 7 heteroatoms. The van der Waals surface area contributed by atoms with Crippen LogP contribution in [0.2, 0.25) is 0 Å². The maximum Gasteiger partial charge on any atom is 0.252 e. The van der Waals surface area contributed by atoms with Crippen molar-refractivity contribution in [2.24, 2.45) is 10.5 Å². The van der Waals surface area contributed by atoms with Crippen molar-refractivity contribution in [2.75, 3.05) is 31.7 Å². The smallest absolute Gasteiger partial charge is 0.252 e. The summed E-state index contributed by atoms with van der Waals surface area (Å²) in [5.41, 5.74) is 5.80. The van der Waals surface area contributed by atoms with Crippen LogP contribution < -0.4 is 11.0 Å². The van der Waals surface area contributed by atoms with E-state index in [9.17, 15) is 4.79 Å². The van der Waals surface area contributed by atoms with Crippen LogP contribution in [-0.2, 0) is 4.74 Å². The predicted octanol–water partition coefficient (Wildman–Crippen LogP) is 1.88. The Morgan fingerprint density at radius 2 is 2.08 bits per heavy atom. The average molecular weight is 331 g/mol. The van der Waals surface area contributed by atoms with Gasteiger partial charge in [0.05, 0.1) is 18.9 Å². The van der Waals surface area contributed by atoms with Crippen LogP contribution in [0.5, 0.6) is 0 Å².